The Kier molecular flexibility index (Phi) is 6.10. The smallest absolute Gasteiger partial charge is 0.283 e. The minimum absolute atomic E-state index is 0.145. The van der Waals surface area contributed by atoms with Crippen molar-refractivity contribution in [2.75, 3.05) is 22.6 Å². The van der Waals surface area contributed by atoms with Crippen molar-refractivity contribution in [2.24, 2.45) is 0 Å². The number of methoxy groups -OCH3 is 1. The molecule has 0 saturated heterocycles. The van der Waals surface area contributed by atoms with Crippen LogP contribution in [0.15, 0.2) is 83.5 Å². The normalized spacial score (nSPS) is 13.4. The molecule has 7 nitrogen and oxygen atoms in total. The largest absolute Gasteiger partial charge is 0.495 e. The molecule has 33 heavy (non-hydrogen) atoms. The number of benzene rings is 3. The first-order valence-electron chi connectivity index (χ1n) is 9.74. The minimum Gasteiger partial charge on any atom is -0.495 e. The third-order valence-corrected chi connectivity index (χ3v) is 5.21. The van der Waals surface area contributed by atoms with Crippen LogP contribution in [0.1, 0.15) is 10.4 Å². The van der Waals surface area contributed by atoms with Crippen molar-refractivity contribution in [3.8, 4) is 5.75 Å². The van der Waals surface area contributed by atoms with E-state index in [0.29, 0.717) is 22.7 Å². The number of nitrogens with zero attached hydrogens (tertiary/aromatic N) is 1. The number of hydrogen-bond donors (Lipinski definition) is 2. The Labute approximate surface area is 193 Å². The Morgan fingerprint density at radius 3 is 2.42 bits per heavy atom. The van der Waals surface area contributed by atoms with Crippen LogP contribution < -0.4 is 20.3 Å². The van der Waals surface area contributed by atoms with Gasteiger partial charge in [-0.1, -0.05) is 29.8 Å². The first kappa shape index (κ1) is 22.0. The fourth-order valence-corrected chi connectivity index (χ4v) is 3.47. The third-order valence-electron chi connectivity index (χ3n) is 4.86. The first-order chi connectivity index (χ1) is 15.9. The zero-order valence-corrected chi connectivity index (χ0v) is 18.0. The maximum atomic E-state index is 13.2. The van der Waals surface area contributed by atoms with E-state index in [0.717, 1.165) is 17.0 Å². The van der Waals surface area contributed by atoms with E-state index < -0.39 is 23.5 Å². The molecule has 166 valence electrons. The molecule has 0 aromatic heterocycles. The number of amides is 3. The molecule has 0 atom stereocenters. The molecule has 0 aliphatic carbocycles. The van der Waals surface area contributed by atoms with Gasteiger partial charge in [0.1, 0.15) is 22.3 Å². The van der Waals surface area contributed by atoms with Crippen molar-refractivity contribution < 1.29 is 23.5 Å². The van der Waals surface area contributed by atoms with E-state index >= 15 is 0 Å². The number of hydrogen-bond acceptors (Lipinski definition) is 5. The van der Waals surface area contributed by atoms with Crippen LogP contribution in [0.2, 0.25) is 0 Å². The second-order valence-corrected chi connectivity index (χ2v) is 7.35. The van der Waals surface area contributed by atoms with E-state index in [2.05, 4.69) is 10.6 Å². The lowest BCUT2D eigenvalue weighted by molar-refractivity contribution is -0.120. The zero-order chi connectivity index (χ0) is 23.5. The molecule has 0 fully saturated rings. The fourth-order valence-electron chi connectivity index (χ4n) is 3.26. The highest BCUT2D eigenvalue weighted by Gasteiger charge is 2.39. The molecule has 1 aliphatic heterocycles. The third kappa shape index (κ3) is 4.42. The summed E-state index contributed by atoms with van der Waals surface area (Å²) in [6, 6.07) is 18.2. The van der Waals surface area contributed by atoms with Gasteiger partial charge < -0.3 is 15.4 Å². The average Bonchev–Trinajstić information content (AvgIpc) is 3.03. The summed E-state index contributed by atoms with van der Waals surface area (Å²) < 4.78 is 18.5. The predicted octanol–water partition coefficient (Wildman–Crippen LogP) is 4.52. The van der Waals surface area contributed by atoms with Crippen LogP contribution in [0.4, 0.5) is 21.5 Å². The number of anilines is 3. The van der Waals surface area contributed by atoms with Crippen molar-refractivity contribution >= 4 is 46.4 Å². The van der Waals surface area contributed by atoms with Crippen LogP contribution in [0.5, 0.6) is 5.75 Å². The van der Waals surface area contributed by atoms with Crippen molar-refractivity contribution in [3.05, 3.63) is 94.9 Å². The second kappa shape index (κ2) is 9.13. The number of para-hydroxylation sites is 2. The molecule has 0 bridgehead atoms. The average molecular weight is 466 g/mol. The lowest BCUT2D eigenvalue weighted by atomic mass is 10.1. The summed E-state index contributed by atoms with van der Waals surface area (Å²) in [5.41, 5.74) is 1.22. The minimum atomic E-state index is -0.735. The number of carbonyl (C=O) groups is 3. The van der Waals surface area contributed by atoms with Gasteiger partial charge in [-0.15, -0.1) is 0 Å². The summed E-state index contributed by atoms with van der Waals surface area (Å²) >= 11 is 6.13. The van der Waals surface area contributed by atoms with Gasteiger partial charge in [0.15, 0.2) is 0 Å². The van der Waals surface area contributed by atoms with Crippen molar-refractivity contribution in [1.82, 2.24) is 0 Å². The predicted molar refractivity (Wildman–Crippen MR) is 123 cm³/mol. The monoisotopic (exact) mass is 465 g/mol. The van der Waals surface area contributed by atoms with Crippen LogP contribution in [0, 0.1) is 5.82 Å². The number of imide groups is 1. The summed E-state index contributed by atoms with van der Waals surface area (Å²) in [7, 11) is 1.50. The summed E-state index contributed by atoms with van der Waals surface area (Å²) in [6.07, 6.45) is 0. The van der Waals surface area contributed by atoms with Gasteiger partial charge >= 0.3 is 0 Å². The molecule has 0 saturated carbocycles. The Morgan fingerprint density at radius 1 is 0.970 bits per heavy atom. The van der Waals surface area contributed by atoms with Gasteiger partial charge in [-0.05, 0) is 54.6 Å². The van der Waals surface area contributed by atoms with Crippen molar-refractivity contribution in [3.63, 3.8) is 0 Å². The number of nitrogens with one attached hydrogen (secondary N) is 2. The topological polar surface area (TPSA) is 87.7 Å². The summed E-state index contributed by atoms with van der Waals surface area (Å²) in [5.74, 6) is -1.82. The maximum Gasteiger partial charge on any atom is 0.283 e. The zero-order valence-electron chi connectivity index (χ0n) is 17.3. The molecule has 0 radical (unpaired) electrons. The highest BCUT2D eigenvalue weighted by Crippen LogP contribution is 2.30. The second-order valence-electron chi connectivity index (χ2n) is 6.97. The first-order valence-corrected chi connectivity index (χ1v) is 10.1. The number of carbonyl (C=O) groups excluding carboxylic acids is 3. The van der Waals surface area contributed by atoms with Crippen molar-refractivity contribution in [1.29, 1.82) is 0 Å². The van der Waals surface area contributed by atoms with Gasteiger partial charge in [0.2, 0.25) is 0 Å². The van der Waals surface area contributed by atoms with E-state index in [4.69, 9.17) is 16.3 Å². The quantitative estimate of drug-likeness (QED) is 0.522. The van der Waals surface area contributed by atoms with Gasteiger partial charge in [0, 0.05) is 11.3 Å². The highest BCUT2D eigenvalue weighted by molar-refractivity contribution is 6.53. The van der Waals surface area contributed by atoms with Crippen LogP contribution in [-0.4, -0.2) is 24.8 Å². The van der Waals surface area contributed by atoms with Gasteiger partial charge in [-0.3, -0.25) is 14.4 Å². The number of ether oxygens (including phenoxy) is 1. The van der Waals surface area contributed by atoms with Gasteiger partial charge in [0.25, 0.3) is 17.7 Å². The molecule has 9 heteroatoms. The molecular formula is C24H17ClFN3O4. The SMILES string of the molecule is COc1ccccc1NC(=O)c1cccc(NC2=C(Cl)C(=O)N(c3ccc(F)cc3)C2=O)c1. The van der Waals surface area contributed by atoms with Crippen LogP contribution in [-0.2, 0) is 9.59 Å². The number of halogens is 2. The number of rotatable bonds is 6. The Balaban J connectivity index is 1.54. The van der Waals surface area contributed by atoms with Gasteiger partial charge in [-0.2, -0.15) is 0 Å². The van der Waals surface area contributed by atoms with E-state index in [1.54, 1.807) is 42.5 Å². The lowest BCUT2D eigenvalue weighted by Crippen LogP contribution is -2.32. The molecule has 3 aromatic carbocycles. The Morgan fingerprint density at radius 2 is 1.70 bits per heavy atom. The van der Waals surface area contributed by atoms with E-state index in [1.165, 1.54) is 25.3 Å². The summed E-state index contributed by atoms with van der Waals surface area (Å²) in [5, 5.41) is 5.28. The van der Waals surface area contributed by atoms with E-state index in [-0.39, 0.29) is 16.4 Å². The molecule has 1 aliphatic rings. The molecular weight excluding hydrogens is 449 g/mol. The standard InChI is InChI=1S/C24H17ClFN3O4/c1-33-19-8-3-2-7-18(19)28-22(30)14-5-4-6-16(13-14)27-21-20(25)23(31)29(24(21)32)17-11-9-15(26)10-12-17/h2-13,27H,1H3,(H,28,30). The summed E-state index contributed by atoms with van der Waals surface area (Å²) in [4.78, 5) is 39.0. The molecule has 1 heterocycles. The molecule has 3 aromatic rings. The molecule has 4 rings (SSSR count). The highest BCUT2D eigenvalue weighted by atomic mass is 35.5. The van der Waals surface area contributed by atoms with E-state index in [9.17, 15) is 18.8 Å². The van der Waals surface area contributed by atoms with E-state index in [1.807, 2.05) is 0 Å². The molecule has 0 spiro atoms. The summed E-state index contributed by atoms with van der Waals surface area (Å²) in [6.45, 7) is 0. The van der Waals surface area contributed by atoms with Crippen LogP contribution in [0.3, 0.4) is 0 Å². The van der Waals surface area contributed by atoms with Crippen LogP contribution in [0.25, 0.3) is 0 Å². The maximum absolute atomic E-state index is 13.2. The van der Waals surface area contributed by atoms with Crippen molar-refractivity contribution in [2.45, 2.75) is 0 Å². The molecule has 0 unspecified atom stereocenters. The van der Waals surface area contributed by atoms with Gasteiger partial charge in [-0.25, -0.2) is 9.29 Å². The Hall–Kier alpha value is -4.17. The van der Waals surface area contributed by atoms with Gasteiger partial charge in [0.05, 0.1) is 18.5 Å². The molecule has 3 amide bonds. The Bertz CT molecular complexity index is 1290. The lowest BCUT2D eigenvalue weighted by Gasteiger charge is -2.15. The molecule has 2 N–H and O–H groups in total. The fraction of sp³-hybridized carbons (Fsp3) is 0.0417. The van der Waals surface area contributed by atoms with Crippen LogP contribution >= 0.6 is 11.6 Å².